The number of phenolic OH excluding ortho intramolecular Hbond substituents is 1. The van der Waals surface area contributed by atoms with Crippen LogP contribution >= 0.6 is 0 Å². The van der Waals surface area contributed by atoms with Gasteiger partial charge in [0.15, 0.2) is 0 Å². The molecule has 1 heterocycles. The maximum atomic E-state index is 13.0. The van der Waals surface area contributed by atoms with Crippen LogP contribution in [0.5, 0.6) is 5.75 Å². The summed E-state index contributed by atoms with van der Waals surface area (Å²) in [6, 6.07) is 24.5. The van der Waals surface area contributed by atoms with Crippen molar-refractivity contribution in [1.82, 2.24) is 9.78 Å². The summed E-state index contributed by atoms with van der Waals surface area (Å²) in [7, 11) is 0. The fraction of sp³-hybridized carbons (Fsp3) is 0.0833. The third kappa shape index (κ3) is 4.19. The zero-order valence-electron chi connectivity index (χ0n) is 16.0. The highest BCUT2D eigenvalue weighted by molar-refractivity contribution is 6.08. The number of benzene rings is 3. The summed E-state index contributed by atoms with van der Waals surface area (Å²) in [6.07, 6.45) is 1.75. The fourth-order valence-corrected chi connectivity index (χ4v) is 3.13. The molecule has 0 saturated carbocycles. The summed E-state index contributed by atoms with van der Waals surface area (Å²) in [5.74, 6) is -0.296. The molecule has 5 heteroatoms. The third-order valence-corrected chi connectivity index (χ3v) is 4.67. The van der Waals surface area contributed by atoms with Gasteiger partial charge in [-0.3, -0.25) is 9.48 Å². The molecule has 0 bridgehead atoms. The van der Waals surface area contributed by atoms with E-state index < -0.39 is 0 Å². The van der Waals surface area contributed by atoms with E-state index in [-0.39, 0.29) is 11.7 Å². The minimum Gasteiger partial charge on any atom is -0.506 e. The van der Waals surface area contributed by atoms with Gasteiger partial charge in [-0.1, -0.05) is 72.3 Å². The van der Waals surface area contributed by atoms with Crippen LogP contribution in [0.3, 0.4) is 0 Å². The number of nitrogens with zero attached hydrogens (tertiary/aromatic N) is 2. The second-order valence-electron chi connectivity index (χ2n) is 6.91. The Hall–Kier alpha value is -3.86. The van der Waals surface area contributed by atoms with E-state index in [2.05, 4.69) is 10.4 Å². The lowest BCUT2D eigenvalue weighted by molar-refractivity contribution is 0.102. The van der Waals surface area contributed by atoms with E-state index in [1.54, 1.807) is 29.1 Å². The molecule has 0 aliphatic carbocycles. The number of aryl methyl sites for hydroxylation is 1. The second-order valence-corrected chi connectivity index (χ2v) is 6.91. The number of para-hydroxylation sites is 2. The topological polar surface area (TPSA) is 67.2 Å². The highest BCUT2D eigenvalue weighted by Crippen LogP contribution is 2.26. The molecule has 0 aliphatic heterocycles. The Bertz CT molecular complexity index is 1130. The monoisotopic (exact) mass is 383 g/mol. The molecule has 0 fully saturated rings. The van der Waals surface area contributed by atoms with Crippen molar-refractivity contribution in [3.63, 3.8) is 0 Å². The first-order chi connectivity index (χ1) is 14.1. The van der Waals surface area contributed by atoms with E-state index in [0.29, 0.717) is 23.5 Å². The van der Waals surface area contributed by atoms with Crippen molar-refractivity contribution in [1.29, 1.82) is 0 Å². The number of hydrogen-bond acceptors (Lipinski definition) is 3. The summed E-state index contributed by atoms with van der Waals surface area (Å²) < 4.78 is 1.77. The molecule has 0 spiro atoms. The zero-order chi connectivity index (χ0) is 20.2. The van der Waals surface area contributed by atoms with Gasteiger partial charge >= 0.3 is 0 Å². The van der Waals surface area contributed by atoms with Crippen molar-refractivity contribution < 1.29 is 9.90 Å². The Morgan fingerprint density at radius 3 is 2.38 bits per heavy atom. The average Bonchev–Trinajstić information content (AvgIpc) is 3.15. The number of amides is 1. The lowest BCUT2D eigenvalue weighted by Crippen LogP contribution is -2.12. The van der Waals surface area contributed by atoms with Crippen LogP contribution in [-0.4, -0.2) is 20.8 Å². The lowest BCUT2D eigenvalue weighted by Gasteiger charge is -2.07. The van der Waals surface area contributed by atoms with E-state index in [1.165, 1.54) is 6.07 Å². The first-order valence-electron chi connectivity index (χ1n) is 9.38. The van der Waals surface area contributed by atoms with Crippen molar-refractivity contribution in [2.75, 3.05) is 5.32 Å². The molecule has 4 aromatic rings. The molecule has 0 aliphatic rings. The molecule has 0 radical (unpaired) electrons. The van der Waals surface area contributed by atoms with Gasteiger partial charge in [0, 0.05) is 11.8 Å². The Morgan fingerprint density at radius 2 is 1.66 bits per heavy atom. The Balaban J connectivity index is 1.71. The molecule has 4 rings (SSSR count). The molecule has 1 amide bonds. The average molecular weight is 383 g/mol. The summed E-state index contributed by atoms with van der Waals surface area (Å²) in [5, 5.41) is 17.5. The van der Waals surface area contributed by atoms with E-state index >= 15 is 0 Å². The number of anilines is 1. The van der Waals surface area contributed by atoms with E-state index in [9.17, 15) is 9.90 Å². The lowest BCUT2D eigenvalue weighted by atomic mass is 10.1. The number of aromatic nitrogens is 2. The molecule has 0 saturated heterocycles. The first-order valence-corrected chi connectivity index (χ1v) is 9.38. The van der Waals surface area contributed by atoms with Crippen molar-refractivity contribution in [3.8, 4) is 17.0 Å². The van der Waals surface area contributed by atoms with Crippen LogP contribution in [0.25, 0.3) is 11.3 Å². The highest BCUT2D eigenvalue weighted by Gasteiger charge is 2.19. The van der Waals surface area contributed by atoms with Crippen molar-refractivity contribution in [2.24, 2.45) is 0 Å². The summed E-state index contributed by atoms with van der Waals surface area (Å²) >= 11 is 0. The van der Waals surface area contributed by atoms with Crippen LogP contribution in [0.1, 0.15) is 21.5 Å². The smallest absolute Gasteiger partial charge is 0.259 e. The van der Waals surface area contributed by atoms with Gasteiger partial charge in [0.2, 0.25) is 0 Å². The second kappa shape index (κ2) is 8.02. The summed E-state index contributed by atoms with van der Waals surface area (Å²) in [5.41, 5.74) is 4.52. The van der Waals surface area contributed by atoms with Crippen LogP contribution in [0, 0.1) is 6.92 Å². The molecular formula is C24H21N3O2. The van der Waals surface area contributed by atoms with Crippen LogP contribution in [0.2, 0.25) is 0 Å². The van der Waals surface area contributed by atoms with Gasteiger partial charge in [-0.25, -0.2) is 0 Å². The van der Waals surface area contributed by atoms with E-state index in [0.717, 1.165) is 16.7 Å². The Kier molecular flexibility index (Phi) is 5.12. The van der Waals surface area contributed by atoms with Crippen LogP contribution in [0.15, 0.2) is 85.1 Å². The van der Waals surface area contributed by atoms with Gasteiger partial charge in [0.05, 0.1) is 17.8 Å². The Morgan fingerprint density at radius 1 is 0.966 bits per heavy atom. The molecule has 5 nitrogen and oxygen atoms in total. The molecule has 29 heavy (non-hydrogen) atoms. The highest BCUT2D eigenvalue weighted by atomic mass is 16.3. The van der Waals surface area contributed by atoms with E-state index in [4.69, 9.17) is 0 Å². The number of rotatable bonds is 5. The maximum absolute atomic E-state index is 13.0. The molecule has 0 unspecified atom stereocenters. The van der Waals surface area contributed by atoms with Crippen LogP contribution < -0.4 is 5.32 Å². The maximum Gasteiger partial charge on any atom is 0.259 e. The minimum atomic E-state index is -0.318. The number of aromatic hydroxyl groups is 1. The number of hydrogen-bond donors (Lipinski definition) is 2. The van der Waals surface area contributed by atoms with Gasteiger partial charge in [0.1, 0.15) is 11.4 Å². The quantitative estimate of drug-likeness (QED) is 0.484. The fourth-order valence-electron chi connectivity index (χ4n) is 3.13. The predicted octanol–water partition coefficient (Wildman–Crippen LogP) is 4.86. The van der Waals surface area contributed by atoms with Crippen LogP contribution in [0.4, 0.5) is 5.69 Å². The van der Waals surface area contributed by atoms with Crippen molar-refractivity contribution in [2.45, 2.75) is 13.5 Å². The SMILES string of the molecule is Cc1ccc(-c2nn(Cc3ccccc3)cc2C(=O)Nc2ccccc2O)cc1. The first kappa shape index (κ1) is 18.5. The van der Waals surface area contributed by atoms with Gasteiger partial charge in [-0.15, -0.1) is 0 Å². The van der Waals surface area contributed by atoms with Crippen molar-refractivity contribution in [3.05, 3.63) is 102 Å². The van der Waals surface area contributed by atoms with Gasteiger partial charge in [-0.05, 0) is 24.6 Å². The molecule has 3 aromatic carbocycles. The zero-order valence-corrected chi connectivity index (χ0v) is 16.0. The molecule has 144 valence electrons. The number of carbonyl (C=O) groups excluding carboxylic acids is 1. The Labute approximate surface area is 169 Å². The molecule has 1 aromatic heterocycles. The van der Waals surface area contributed by atoms with E-state index in [1.807, 2.05) is 61.5 Å². The number of phenols is 1. The van der Waals surface area contributed by atoms with Crippen molar-refractivity contribution >= 4 is 11.6 Å². The van der Waals surface area contributed by atoms with Gasteiger partial charge in [0.25, 0.3) is 5.91 Å². The van der Waals surface area contributed by atoms with Crippen LogP contribution in [-0.2, 0) is 6.54 Å². The number of nitrogens with one attached hydrogen (secondary N) is 1. The van der Waals surface area contributed by atoms with Gasteiger partial charge < -0.3 is 10.4 Å². The minimum absolute atomic E-state index is 0.0226. The standard InChI is InChI=1S/C24H21N3O2/c1-17-11-13-19(14-12-17)23-20(24(29)25-21-9-5-6-10-22(21)28)16-27(26-23)15-18-7-3-2-4-8-18/h2-14,16,28H,15H2,1H3,(H,25,29). The third-order valence-electron chi connectivity index (χ3n) is 4.67. The van der Waals surface area contributed by atoms with Gasteiger partial charge in [-0.2, -0.15) is 5.10 Å². The largest absolute Gasteiger partial charge is 0.506 e. The molecular weight excluding hydrogens is 362 g/mol. The predicted molar refractivity (Wildman–Crippen MR) is 114 cm³/mol. The molecule has 2 N–H and O–H groups in total. The summed E-state index contributed by atoms with van der Waals surface area (Å²) in [6.45, 7) is 2.58. The summed E-state index contributed by atoms with van der Waals surface area (Å²) in [4.78, 5) is 13.0. The number of carbonyl (C=O) groups is 1. The molecule has 0 atom stereocenters. The normalized spacial score (nSPS) is 10.7.